The van der Waals surface area contributed by atoms with Crippen molar-refractivity contribution in [3.8, 4) is 0 Å². The lowest BCUT2D eigenvalue weighted by molar-refractivity contribution is -0.144. The van der Waals surface area contributed by atoms with E-state index in [9.17, 15) is 9.59 Å². The van der Waals surface area contributed by atoms with Gasteiger partial charge in [-0.05, 0) is 27.2 Å². The first-order chi connectivity index (χ1) is 7.83. The van der Waals surface area contributed by atoms with E-state index in [0.717, 1.165) is 0 Å². The predicted molar refractivity (Wildman–Crippen MR) is 62.2 cm³/mol. The quantitative estimate of drug-likeness (QED) is 0.658. The van der Waals surface area contributed by atoms with Gasteiger partial charge in [-0.25, -0.2) is 4.79 Å². The molecule has 1 unspecified atom stereocenters. The molecule has 0 spiro atoms. The van der Waals surface area contributed by atoms with Crippen LogP contribution < -0.4 is 0 Å². The van der Waals surface area contributed by atoms with Gasteiger partial charge in [-0.15, -0.1) is 0 Å². The molecular weight excluding hydrogens is 222 g/mol. The van der Waals surface area contributed by atoms with Crippen LogP contribution in [0, 0.1) is 5.92 Å². The van der Waals surface area contributed by atoms with Gasteiger partial charge in [0.25, 0.3) is 0 Å². The molecule has 1 rings (SSSR count). The summed E-state index contributed by atoms with van der Waals surface area (Å²) in [6.45, 7) is 5.91. The summed E-state index contributed by atoms with van der Waals surface area (Å²) in [6, 6.07) is 0. The van der Waals surface area contributed by atoms with Crippen molar-refractivity contribution in [2.75, 3.05) is 13.7 Å². The summed E-state index contributed by atoms with van der Waals surface area (Å²) >= 11 is 0. The third-order valence-electron chi connectivity index (χ3n) is 2.31. The minimum Gasteiger partial charge on any atom is -0.469 e. The lowest BCUT2D eigenvalue weighted by Crippen LogP contribution is -2.37. The van der Waals surface area contributed by atoms with Crippen LogP contribution in [0.5, 0.6) is 0 Å². The summed E-state index contributed by atoms with van der Waals surface area (Å²) in [6.07, 6.45) is 3.41. The number of hydrogen-bond donors (Lipinski definition) is 0. The normalized spacial score (nSPS) is 20.0. The number of ether oxygens (including phenoxy) is 2. The summed E-state index contributed by atoms with van der Waals surface area (Å²) in [5.74, 6) is -0.538. The zero-order chi connectivity index (χ0) is 13.1. The van der Waals surface area contributed by atoms with Crippen molar-refractivity contribution >= 4 is 12.1 Å². The van der Waals surface area contributed by atoms with Gasteiger partial charge in [0.1, 0.15) is 5.60 Å². The lowest BCUT2D eigenvalue weighted by atomic mass is 10.0. The first kappa shape index (κ1) is 13.5. The Morgan fingerprint density at radius 2 is 2.00 bits per heavy atom. The Labute approximate surface area is 101 Å². The van der Waals surface area contributed by atoms with Gasteiger partial charge in [0.05, 0.1) is 13.0 Å². The molecule has 1 atom stereocenters. The Morgan fingerprint density at radius 3 is 2.41 bits per heavy atom. The van der Waals surface area contributed by atoms with Crippen molar-refractivity contribution in [3.63, 3.8) is 0 Å². The van der Waals surface area contributed by atoms with Crippen LogP contribution in [0.2, 0.25) is 0 Å². The van der Waals surface area contributed by atoms with Gasteiger partial charge in [0.2, 0.25) is 0 Å². The van der Waals surface area contributed by atoms with E-state index in [4.69, 9.17) is 4.74 Å². The predicted octanol–water partition coefficient (Wildman–Crippen LogP) is 1.93. The van der Waals surface area contributed by atoms with Crippen LogP contribution in [-0.4, -0.2) is 36.2 Å². The van der Waals surface area contributed by atoms with Crippen LogP contribution in [0.3, 0.4) is 0 Å². The number of rotatable bonds is 1. The fraction of sp³-hybridized carbons (Fsp3) is 0.667. The Morgan fingerprint density at radius 1 is 1.35 bits per heavy atom. The maximum atomic E-state index is 11.7. The molecule has 5 heteroatoms. The van der Waals surface area contributed by atoms with E-state index < -0.39 is 11.7 Å². The van der Waals surface area contributed by atoms with Gasteiger partial charge < -0.3 is 9.47 Å². The fourth-order valence-electron chi connectivity index (χ4n) is 1.48. The van der Waals surface area contributed by atoms with Crippen LogP contribution in [0.4, 0.5) is 4.79 Å². The summed E-state index contributed by atoms with van der Waals surface area (Å²) < 4.78 is 9.86. The van der Waals surface area contributed by atoms with E-state index in [2.05, 4.69) is 4.74 Å². The van der Waals surface area contributed by atoms with E-state index in [1.807, 2.05) is 20.8 Å². The highest BCUT2D eigenvalue weighted by atomic mass is 16.6. The first-order valence-corrected chi connectivity index (χ1v) is 5.59. The summed E-state index contributed by atoms with van der Waals surface area (Å²) in [5.41, 5.74) is -0.510. The average Bonchev–Trinajstić information content (AvgIpc) is 2.26. The smallest absolute Gasteiger partial charge is 0.414 e. The lowest BCUT2D eigenvalue weighted by Gasteiger charge is -2.28. The molecule has 0 radical (unpaired) electrons. The van der Waals surface area contributed by atoms with Gasteiger partial charge in [-0.3, -0.25) is 9.69 Å². The van der Waals surface area contributed by atoms with Crippen LogP contribution in [0.1, 0.15) is 27.2 Å². The molecule has 5 nitrogen and oxygen atoms in total. The number of carbonyl (C=O) groups excluding carboxylic acids is 2. The summed E-state index contributed by atoms with van der Waals surface area (Å²) in [4.78, 5) is 24.4. The van der Waals surface area contributed by atoms with Crippen LogP contribution in [-0.2, 0) is 14.3 Å². The second-order valence-electron chi connectivity index (χ2n) is 4.93. The number of hydrogen-bond acceptors (Lipinski definition) is 4. The van der Waals surface area contributed by atoms with Crippen molar-refractivity contribution < 1.29 is 19.1 Å². The molecule has 96 valence electrons. The highest BCUT2D eigenvalue weighted by molar-refractivity contribution is 5.75. The maximum Gasteiger partial charge on any atom is 0.414 e. The molecule has 0 aromatic heterocycles. The molecule has 1 heterocycles. The Kier molecular flexibility index (Phi) is 4.15. The molecule has 0 N–H and O–H groups in total. The van der Waals surface area contributed by atoms with E-state index in [-0.39, 0.29) is 11.9 Å². The SMILES string of the molecule is COC(=O)C1C=CN(C(=O)OC(C)(C)C)CC1. The molecule has 0 saturated heterocycles. The number of esters is 1. The summed E-state index contributed by atoms with van der Waals surface area (Å²) in [5, 5.41) is 0. The largest absolute Gasteiger partial charge is 0.469 e. The van der Waals surface area contributed by atoms with Crippen LogP contribution >= 0.6 is 0 Å². The van der Waals surface area contributed by atoms with E-state index in [1.165, 1.54) is 12.0 Å². The molecule has 0 aliphatic carbocycles. The molecule has 1 amide bonds. The minimum atomic E-state index is -0.510. The van der Waals surface area contributed by atoms with Gasteiger partial charge in [0.15, 0.2) is 0 Å². The zero-order valence-electron chi connectivity index (χ0n) is 10.7. The maximum absolute atomic E-state index is 11.7. The number of methoxy groups -OCH3 is 1. The molecule has 1 aliphatic rings. The van der Waals surface area contributed by atoms with Gasteiger partial charge in [0, 0.05) is 12.7 Å². The molecule has 0 saturated carbocycles. The van der Waals surface area contributed by atoms with Crippen LogP contribution in [0.25, 0.3) is 0 Å². The molecule has 1 aliphatic heterocycles. The Bertz CT molecular complexity index is 330. The molecular formula is C12H19NO4. The fourth-order valence-corrected chi connectivity index (χ4v) is 1.48. The van der Waals surface area contributed by atoms with Crippen molar-refractivity contribution in [2.24, 2.45) is 5.92 Å². The van der Waals surface area contributed by atoms with Crippen molar-refractivity contribution in [3.05, 3.63) is 12.3 Å². The molecule has 0 bridgehead atoms. The van der Waals surface area contributed by atoms with E-state index in [1.54, 1.807) is 12.3 Å². The third-order valence-corrected chi connectivity index (χ3v) is 2.31. The van der Waals surface area contributed by atoms with Gasteiger partial charge in [-0.2, -0.15) is 0 Å². The Balaban J connectivity index is 2.55. The van der Waals surface area contributed by atoms with Crippen molar-refractivity contribution in [1.82, 2.24) is 4.90 Å². The summed E-state index contributed by atoms with van der Waals surface area (Å²) in [7, 11) is 1.36. The highest BCUT2D eigenvalue weighted by Gasteiger charge is 2.26. The standard InChI is InChI=1S/C12H19NO4/c1-12(2,3)17-11(15)13-7-5-9(6-8-13)10(14)16-4/h5,7,9H,6,8H2,1-4H3. The molecule has 0 aromatic rings. The zero-order valence-corrected chi connectivity index (χ0v) is 10.7. The topological polar surface area (TPSA) is 55.8 Å². The van der Waals surface area contributed by atoms with Gasteiger partial charge >= 0.3 is 12.1 Å². The number of nitrogens with zero attached hydrogens (tertiary/aromatic N) is 1. The second-order valence-corrected chi connectivity index (χ2v) is 4.93. The molecule has 0 aromatic carbocycles. The second kappa shape index (κ2) is 5.21. The molecule has 0 fully saturated rings. The Hall–Kier alpha value is -1.52. The molecule has 17 heavy (non-hydrogen) atoms. The minimum absolute atomic E-state index is 0.265. The number of carbonyl (C=O) groups is 2. The van der Waals surface area contributed by atoms with E-state index >= 15 is 0 Å². The van der Waals surface area contributed by atoms with E-state index in [0.29, 0.717) is 13.0 Å². The van der Waals surface area contributed by atoms with Gasteiger partial charge in [-0.1, -0.05) is 6.08 Å². The average molecular weight is 241 g/mol. The monoisotopic (exact) mass is 241 g/mol. The third kappa shape index (κ3) is 4.09. The number of amides is 1. The van der Waals surface area contributed by atoms with Crippen molar-refractivity contribution in [1.29, 1.82) is 0 Å². The first-order valence-electron chi connectivity index (χ1n) is 5.59. The highest BCUT2D eigenvalue weighted by Crippen LogP contribution is 2.18. The van der Waals surface area contributed by atoms with Crippen LogP contribution in [0.15, 0.2) is 12.3 Å². The van der Waals surface area contributed by atoms with Crippen molar-refractivity contribution in [2.45, 2.75) is 32.8 Å².